The molecule has 2 amide bonds. The highest BCUT2D eigenvalue weighted by atomic mass is 19.4. The normalized spacial score (nSPS) is 21.1. The van der Waals surface area contributed by atoms with Gasteiger partial charge >= 0.3 is 12.2 Å². The maximum Gasteiger partial charge on any atom is 0.416 e. The van der Waals surface area contributed by atoms with E-state index < -0.39 is 17.8 Å². The van der Waals surface area contributed by atoms with Crippen LogP contribution >= 0.6 is 0 Å². The van der Waals surface area contributed by atoms with Gasteiger partial charge in [0, 0.05) is 12.6 Å². The topological polar surface area (TPSA) is 55.6 Å². The van der Waals surface area contributed by atoms with Gasteiger partial charge in [0.2, 0.25) is 0 Å². The Bertz CT molecular complexity index is 570. The van der Waals surface area contributed by atoms with E-state index in [4.69, 9.17) is 10.5 Å². The van der Waals surface area contributed by atoms with Gasteiger partial charge in [0.05, 0.1) is 18.8 Å². The molecule has 0 bridgehead atoms. The number of primary amides is 1. The van der Waals surface area contributed by atoms with Gasteiger partial charge in [-0.25, -0.2) is 4.79 Å². The van der Waals surface area contributed by atoms with E-state index in [1.807, 2.05) is 0 Å². The molecule has 1 aromatic rings. The average molecular weight is 358 g/mol. The third-order valence-corrected chi connectivity index (χ3v) is 4.77. The van der Waals surface area contributed by atoms with E-state index in [0.29, 0.717) is 12.5 Å². The van der Waals surface area contributed by atoms with E-state index in [1.54, 1.807) is 11.0 Å². The first-order chi connectivity index (χ1) is 11.8. The molecule has 0 heterocycles. The van der Waals surface area contributed by atoms with Crippen LogP contribution in [0, 0.1) is 5.92 Å². The van der Waals surface area contributed by atoms with Gasteiger partial charge in [-0.05, 0) is 43.2 Å². The van der Waals surface area contributed by atoms with Crippen molar-refractivity contribution in [1.82, 2.24) is 4.90 Å². The van der Waals surface area contributed by atoms with Crippen molar-refractivity contribution in [2.24, 2.45) is 11.7 Å². The van der Waals surface area contributed by atoms with Gasteiger partial charge in [0.25, 0.3) is 0 Å². The average Bonchev–Trinajstić information content (AvgIpc) is 2.55. The van der Waals surface area contributed by atoms with Gasteiger partial charge in [0.15, 0.2) is 0 Å². The van der Waals surface area contributed by atoms with Crippen molar-refractivity contribution in [3.05, 3.63) is 35.4 Å². The Balaban J connectivity index is 1.86. The van der Waals surface area contributed by atoms with Gasteiger partial charge in [-0.3, -0.25) is 0 Å². The number of hydrogen-bond donors (Lipinski definition) is 1. The third-order valence-electron chi connectivity index (χ3n) is 4.77. The molecule has 2 N–H and O–H groups in total. The van der Waals surface area contributed by atoms with Crippen LogP contribution in [0.25, 0.3) is 0 Å². The molecular formula is C18H25F3N2O2. The second-order valence-electron chi connectivity index (χ2n) is 6.65. The van der Waals surface area contributed by atoms with E-state index in [-0.39, 0.29) is 24.8 Å². The highest BCUT2D eigenvalue weighted by molar-refractivity contribution is 5.72. The fraction of sp³-hybridized carbons (Fsp3) is 0.611. The molecule has 0 spiro atoms. The number of nitrogens with zero attached hydrogens (tertiary/aromatic N) is 1. The summed E-state index contributed by atoms with van der Waals surface area (Å²) in [5.74, 6) is 0.654. The number of benzene rings is 1. The summed E-state index contributed by atoms with van der Waals surface area (Å²) < 4.78 is 44.2. The van der Waals surface area contributed by atoms with E-state index in [9.17, 15) is 18.0 Å². The first-order valence-corrected chi connectivity index (χ1v) is 8.58. The van der Waals surface area contributed by atoms with E-state index >= 15 is 0 Å². The number of hydrogen-bond acceptors (Lipinski definition) is 2. The molecule has 0 unspecified atom stereocenters. The van der Waals surface area contributed by atoms with E-state index in [2.05, 4.69) is 6.92 Å². The molecule has 0 saturated heterocycles. The molecule has 0 aromatic heterocycles. The molecule has 1 fully saturated rings. The molecular weight excluding hydrogens is 333 g/mol. The molecule has 4 nitrogen and oxygen atoms in total. The predicted molar refractivity (Wildman–Crippen MR) is 88.8 cm³/mol. The second kappa shape index (κ2) is 8.56. The summed E-state index contributed by atoms with van der Waals surface area (Å²) in [6.07, 6.45) is -0.497. The minimum Gasteiger partial charge on any atom is -0.375 e. The molecule has 1 aliphatic rings. The lowest BCUT2D eigenvalue weighted by molar-refractivity contribution is -0.138. The molecule has 7 heteroatoms. The van der Waals surface area contributed by atoms with Crippen molar-refractivity contribution in [3.63, 3.8) is 0 Å². The van der Waals surface area contributed by atoms with Crippen molar-refractivity contribution in [1.29, 1.82) is 0 Å². The largest absolute Gasteiger partial charge is 0.416 e. The fourth-order valence-corrected chi connectivity index (χ4v) is 3.29. The quantitative estimate of drug-likeness (QED) is 0.776. The fourth-order valence-electron chi connectivity index (χ4n) is 3.29. The van der Waals surface area contributed by atoms with E-state index in [1.165, 1.54) is 12.1 Å². The highest BCUT2D eigenvalue weighted by Gasteiger charge is 2.33. The Hall–Kier alpha value is -1.76. The Morgan fingerprint density at radius 1 is 1.24 bits per heavy atom. The molecule has 0 radical (unpaired) electrons. The maximum atomic E-state index is 12.9. The zero-order valence-corrected chi connectivity index (χ0v) is 14.4. The molecule has 140 valence electrons. The predicted octanol–water partition coefficient (Wildman–Crippen LogP) is 4.18. The number of nitrogens with two attached hydrogens (primary N) is 1. The van der Waals surface area contributed by atoms with Gasteiger partial charge in [-0.1, -0.05) is 25.1 Å². The lowest BCUT2D eigenvalue weighted by Gasteiger charge is -2.35. The first kappa shape index (κ1) is 19.6. The van der Waals surface area contributed by atoms with Crippen molar-refractivity contribution < 1.29 is 22.7 Å². The molecule has 1 saturated carbocycles. The molecule has 2 rings (SSSR count). The summed E-state index contributed by atoms with van der Waals surface area (Å²) in [5, 5.41) is 0. The lowest BCUT2D eigenvalue weighted by atomic mass is 9.86. The van der Waals surface area contributed by atoms with Gasteiger partial charge in [-0.15, -0.1) is 0 Å². The zero-order chi connectivity index (χ0) is 18.4. The SMILES string of the molecule is CC1CCC(N(CCOCc2ccccc2C(F)(F)F)C(N)=O)CC1. The maximum absolute atomic E-state index is 12.9. The number of halogens is 3. The van der Waals surface area contributed by atoms with Crippen molar-refractivity contribution >= 4 is 6.03 Å². The second-order valence-corrected chi connectivity index (χ2v) is 6.65. The van der Waals surface area contributed by atoms with Crippen LogP contribution in [0.3, 0.4) is 0 Å². The van der Waals surface area contributed by atoms with Crippen LogP contribution in [0.1, 0.15) is 43.7 Å². The number of rotatable bonds is 6. The Kier molecular flexibility index (Phi) is 6.70. The Morgan fingerprint density at radius 3 is 2.48 bits per heavy atom. The number of carbonyl (C=O) groups excluding carboxylic acids is 1. The number of amides is 2. The van der Waals surface area contributed by atoms with Crippen molar-refractivity contribution in [2.45, 2.75) is 51.4 Å². The van der Waals surface area contributed by atoms with Crippen LogP contribution in [0.15, 0.2) is 24.3 Å². The molecule has 0 aliphatic heterocycles. The summed E-state index contributed by atoms with van der Waals surface area (Å²) >= 11 is 0. The van der Waals surface area contributed by atoms with Crippen LogP contribution in [-0.2, 0) is 17.5 Å². The number of carbonyl (C=O) groups is 1. The van der Waals surface area contributed by atoms with Crippen molar-refractivity contribution in [3.8, 4) is 0 Å². The summed E-state index contributed by atoms with van der Waals surface area (Å²) in [7, 11) is 0. The zero-order valence-electron chi connectivity index (χ0n) is 14.4. The summed E-state index contributed by atoms with van der Waals surface area (Å²) in [6.45, 7) is 2.49. The summed E-state index contributed by atoms with van der Waals surface area (Å²) in [4.78, 5) is 13.3. The molecule has 0 atom stereocenters. The number of urea groups is 1. The smallest absolute Gasteiger partial charge is 0.375 e. The Morgan fingerprint density at radius 2 is 1.88 bits per heavy atom. The van der Waals surface area contributed by atoms with Gasteiger partial charge < -0.3 is 15.4 Å². The van der Waals surface area contributed by atoms with Crippen LogP contribution in [-0.4, -0.2) is 30.1 Å². The van der Waals surface area contributed by atoms with E-state index in [0.717, 1.165) is 31.7 Å². The third kappa shape index (κ3) is 5.63. The number of ether oxygens (including phenoxy) is 1. The van der Waals surface area contributed by atoms with Gasteiger partial charge in [-0.2, -0.15) is 13.2 Å². The highest BCUT2D eigenvalue weighted by Crippen LogP contribution is 2.32. The minimum atomic E-state index is -4.40. The molecule has 1 aromatic carbocycles. The number of alkyl halides is 3. The van der Waals surface area contributed by atoms with Crippen LogP contribution in [0.2, 0.25) is 0 Å². The summed E-state index contributed by atoms with van der Waals surface area (Å²) in [5.41, 5.74) is 4.86. The lowest BCUT2D eigenvalue weighted by Crippen LogP contribution is -2.46. The van der Waals surface area contributed by atoms with Crippen LogP contribution < -0.4 is 5.73 Å². The van der Waals surface area contributed by atoms with Crippen LogP contribution in [0.4, 0.5) is 18.0 Å². The first-order valence-electron chi connectivity index (χ1n) is 8.58. The minimum absolute atomic E-state index is 0.0899. The molecule has 25 heavy (non-hydrogen) atoms. The van der Waals surface area contributed by atoms with Crippen LogP contribution in [0.5, 0.6) is 0 Å². The van der Waals surface area contributed by atoms with Gasteiger partial charge in [0.1, 0.15) is 0 Å². The standard InChI is InChI=1S/C18H25F3N2O2/c1-13-6-8-15(9-7-13)23(17(22)24)10-11-25-12-14-4-2-3-5-16(14)18(19,20)21/h2-5,13,15H,6-12H2,1H3,(H2,22,24). The Labute approximate surface area is 146 Å². The molecule has 1 aliphatic carbocycles. The van der Waals surface area contributed by atoms with Crippen molar-refractivity contribution in [2.75, 3.05) is 13.2 Å². The monoisotopic (exact) mass is 358 g/mol. The summed E-state index contributed by atoms with van der Waals surface area (Å²) in [6, 6.07) is 4.94.